The van der Waals surface area contributed by atoms with Crippen LogP contribution in [0.5, 0.6) is 0 Å². The van der Waals surface area contributed by atoms with E-state index in [0.29, 0.717) is 0 Å². The summed E-state index contributed by atoms with van der Waals surface area (Å²) in [6.07, 6.45) is 18.2. The first-order chi connectivity index (χ1) is 9.85. The highest BCUT2D eigenvalue weighted by Gasteiger charge is 2.00. The molecule has 2 heteroatoms. The fraction of sp³-hybridized carbons (Fsp3) is 0.944. The van der Waals surface area contributed by atoms with Gasteiger partial charge in [-0.3, -0.25) is 4.79 Å². The summed E-state index contributed by atoms with van der Waals surface area (Å²) in [6, 6.07) is 0. The third-order valence-corrected chi connectivity index (χ3v) is 4.00. The van der Waals surface area contributed by atoms with Gasteiger partial charge in [0.1, 0.15) is 0 Å². The number of rotatable bonds is 16. The minimum Gasteiger partial charge on any atom is -0.345 e. The van der Waals surface area contributed by atoms with Crippen LogP contribution in [0.2, 0.25) is 0 Å². The molecule has 120 valence electrons. The van der Waals surface area contributed by atoms with Gasteiger partial charge in [-0.05, 0) is 12.8 Å². The zero-order valence-electron chi connectivity index (χ0n) is 14.0. The summed E-state index contributed by atoms with van der Waals surface area (Å²) < 4.78 is 0. The van der Waals surface area contributed by atoms with E-state index >= 15 is 0 Å². The van der Waals surface area contributed by atoms with Gasteiger partial charge in [-0.2, -0.15) is 0 Å². The van der Waals surface area contributed by atoms with Gasteiger partial charge in [0.05, 0.1) is 0 Å². The molecule has 0 aromatic rings. The molecule has 2 nitrogen and oxygen atoms in total. The average molecular weight is 284 g/mol. The number of nitrogens with zero attached hydrogens (tertiary/aromatic N) is 1. The van der Waals surface area contributed by atoms with Gasteiger partial charge in [-0.1, -0.05) is 84.5 Å². The quantitative estimate of drug-likeness (QED) is 0.268. The molecule has 0 aliphatic carbocycles. The van der Waals surface area contributed by atoms with Gasteiger partial charge in [0.15, 0.2) is 0 Å². The third-order valence-electron chi connectivity index (χ3n) is 4.00. The molecule has 0 spiro atoms. The minimum absolute atomic E-state index is 0.953. The number of carbonyl (C=O) groups excluding carboxylic acids is 1. The average Bonchev–Trinajstić information content (AvgIpc) is 2.47. The van der Waals surface area contributed by atoms with Crippen LogP contribution in [0.25, 0.3) is 0 Å². The maximum Gasteiger partial charge on any atom is 0.209 e. The highest BCUT2D eigenvalue weighted by atomic mass is 16.1. The molecular formula is C18H37NO. The first-order valence-electron chi connectivity index (χ1n) is 9.04. The molecule has 0 unspecified atom stereocenters. The summed E-state index contributed by atoms with van der Waals surface area (Å²) in [5.41, 5.74) is 0. The Morgan fingerprint density at radius 3 is 1.40 bits per heavy atom. The minimum atomic E-state index is 0.953. The van der Waals surface area contributed by atoms with Gasteiger partial charge in [0, 0.05) is 13.1 Å². The first kappa shape index (κ1) is 19.5. The number of amides is 1. The van der Waals surface area contributed by atoms with Crippen molar-refractivity contribution in [2.45, 2.75) is 97.3 Å². The lowest BCUT2D eigenvalue weighted by molar-refractivity contribution is -0.118. The van der Waals surface area contributed by atoms with Crippen molar-refractivity contribution in [2.24, 2.45) is 0 Å². The van der Waals surface area contributed by atoms with Crippen LogP contribution in [0.15, 0.2) is 0 Å². The lowest BCUT2D eigenvalue weighted by atomic mass is 10.1. The normalized spacial score (nSPS) is 10.7. The molecule has 0 fully saturated rings. The lowest BCUT2D eigenvalue weighted by Crippen LogP contribution is -2.24. The van der Waals surface area contributed by atoms with Gasteiger partial charge in [0.25, 0.3) is 0 Å². The van der Waals surface area contributed by atoms with E-state index in [2.05, 4.69) is 13.8 Å². The maximum absolute atomic E-state index is 10.9. The number of carbonyl (C=O) groups is 1. The van der Waals surface area contributed by atoms with Gasteiger partial charge in [-0.25, -0.2) is 0 Å². The molecule has 0 saturated heterocycles. The van der Waals surface area contributed by atoms with E-state index in [1.54, 1.807) is 0 Å². The molecule has 20 heavy (non-hydrogen) atoms. The lowest BCUT2D eigenvalue weighted by Gasteiger charge is -2.16. The van der Waals surface area contributed by atoms with Crippen molar-refractivity contribution in [1.82, 2.24) is 4.90 Å². The highest BCUT2D eigenvalue weighted by Crippen LogP contribution is 2.10. The van der Waals surface area contributed by atoms with Crippen LogP contribution < -0.4 is 0 Å². The topological polar surface area (TPSA) is 20.3 Å². The summed E-state index contributed by atoms with van der Waals surface area (Å²) in [7, 11) is 0. The third kappa shape index (κ3) is 13.9. The van der Waals surface area contributed by atoms with Crippen LogP contribution in [0.4, 0.5) is 0 Å². The van der Waals surface area contributed by atoms with Crippen molar-refractivity contribution < 1.29 is 4.79 Å². The molecule has 0 N–H and O–H groups in total. The monoisotopic (exact) mass is 283 g/mol. The summed E-state index contributed by atoms with van der Waals surface area (Å²) in [5, 5.41) is 0. The van der Waals surface area contributed by atoms with Gasteiger partial charge < -0.3 is 4.90 Å². The molecule has 0 heterocycles. The maximum atomic E-state index is 10.9. The van der Waals surface area contributed by atoms with E-state index in [4.69, 9.17) is 0 Å². The molecule has 0 saturated carbocycles. The van der Waals surface area contributed by atoms with E-state index < -0.39 is 0 Å². The summed E-state index contributed by atoms with van der Waals surface area (Å²) >= 11 is 0. The number of hydrogen-bond donors (Lipinski definition) is 0. The predicted octanol–water partition coefficient (Wildman–Crippen LogP) is 5.56. The summed E-state index contributed by atoms with van der Waals surface area (Å²) in [5.74, 6) is 0. The van der Waals surface area contributed by atoms with Gasteiger partial charge in [0.2, 0.25) is 6.41 Å². The van der Waals surface area contributed by atoms with Crippen molar-refractivity contribution in [3.05, 3.63) is 0 Å². The molecule has 0 aromatic heterocycles. The smallest absolute Gasteiger partial charge is 0.209 e. The summed E-state index contributed by atoms with van der Waals surface area (Å²) in [6.45, 7) is 6.39. The molecule has 0 rings (SSSR count). The van der Waals surface area contributed by atoms with Crippen molar-refractivity contribution >= 4 is 6.41 Å². The molecule has 0 bridgehead atoms. The van der Waals surface area contributed by atoms with Crippen molar-refractivity contribution in [3.63, 3.8) is 0 Å². The SMILES string of the molecule is CCCCCCCCCCCCN(C=O)CCCCC. The van der Waals surface area contributed by atoms with Crippen LogP contribution in [0, 0.1) is 0 Å². The van der Waals surface area contributed by atoms with Crippen LogP contribution in [-0.4, -0.2) is 24.4 Å². The van der Waals surface area contributed by atoms with E-state index in [1.165, 1.54) is 77.0 Å². The fourth-order valence-electron chi connectivity index (χ4n) is 2.58. The van der Waals surface area contributed by atoms with Crippen molar-refractivity contribution in [1.29, 1.82) is 0 Å². The fourth-order valence-corrected chi connectivity index (χ4v) is 2.58. The first-order valence-corrected chi connectivity index (χ1v) is 9.04. The Bertz CT molecular complexity index is 194. The summed E-state index contributed by atoms with van der Waals surface area (Å²) in [4.78, 5) is 12.9. The predicted molar refractivity (Wildman–Crippen MR) is 89.0 cm³/mol. The second kappa shape index (κ2) is 16.5. The van der Waals surface area contributed by atoms with E-state index in [0.717, 1.165) is 25.9 Å². The second-order valence-corrected chi connectivity index (χ2v) is 6.03. The molecule has 1 amide bonds. The van der Waals surface area contributed by atoms with Crippen LogP contribution in [-0.2, 0) is 4.79 Å². The number of unbranched alkanes of at least 4 members (excludes halogenated alkanes) is 11. The van der Waals surface area contributed by atoms with Crippen LogP contribution in [0.3, 0.4) is 0 Å². The van der Waals surface area contributed by atoms with Crippen LogP contribution in [0.1, 0.15) is 97.3 Å². The largest absolute Gasteiger partial charge is 0.345 e. The number of hydrogen-bond acceptors (Lipinski definition) is 1. The standard InChI is InChI=1S/C18H37NO/c1-3-5-7-8-9-10-11-12-13-15-17-19(18-20)16-14-6-4-2/h18H,3-17H2,1-2H3. The Balaban J connectivity index is 3.22. The highest BCUT2D eigenvalue weighted by molar-refractivity contribution is 5.46. The molecular weight excluding hydrogens is 246 g/mol. The van der Waals surface area contributed by atoms with Crippen molar-refractivity contribution in [3.8, 4) is 0 Å². The molecule has 0 radical (unpaired) electrons. The van der Waals surface area contributed by atoms with E-state index in [-0.39, 0.29) is 0 Å². The van der Waals surface area contributed by atoms with Gasteiger partial charge >= 0.3 is 0 Å². The zero-order chi connectivity index (χ0) is 14.9. The zero-order valence-corrected chi connectivity index (χ0v) is 14.0. The van der Waals surface area contributed by atoms with E-state index in [1.807, 2.05) is 4.90 Å². The molecule has 0 aromatic carbocycles. The second-order valence-electron chi connectivity index (χ2n) is 6.03. The molecule has 0 aliphatic rings. The molecule has 0 atom stereocenters. The Labute approximate surface area is 127 Å². The Morgan fingerprint density at radius 1 is 0.600 bits per heavy atom. The Hall–Kier alpha value is -0.530. The van der Waals surface area contributed by atoms with Crippen LogP contribution >= 0.6 is 0 Å². The molecule has 0 aliphatic heterocycles. The van der Waals surface area contributed by atoms with Crippen molar-refractivity contribution in [2.75, 3.05) is 13.1 Å². The van der Waals surface area contributed by atoms with E-state index in [9.17, 15) is 4.79 Å². The van der Waals surface area contributed by atoms with Gasteiger partial charge in [-0.15, -0.1) is 0 Å². The Kier molecular flexibility index (Phi) is 16.1. The Morgan fingerprint density at radius 2 is 0.950 bits per heavy atom.